The largest absolute Gasteiger partial charge is 0.350 e. The van der Waals surface area contributed by atoms with E-state index in [0.717, 1.165) is 19.6 Å². The molecule has 0 atom stereocenters. The summed E-state index contributed by atoms with van der Waals surface area (Å²) in [4.78, 5) is 14.5. The Hall–Kier alpha value is -1.66. The van der Waals surface area contributed by atoms with Gasteiger partial charge in [-0.3, -0.25) is 4.40 Å². The Morgan fingerprint density at radius 2 is 2.10 bits per heavy atom. The summed E-state index contributed by atoms with van der Waals surface area (Å²) in [6.07, 6.45) is 4.12. The number of fused-ring (bicyclic) bond motifs is 1. The third kappa shape index (κ3) is 2.62. The van der Waals surface area contributed by atoms with Crippen molar-refractivity contribution in [3.05, 3.63) is 34.9 Å². The fourth-order valence-corrected chi connectivity index (χ4v) is 2.80. The van der Waals surface area contributed by atoms with Gasteiger partial charge in [0, 0.05) is 18.8 Å². The van der Waals surface area contributed by atoms with Gasteiger partial charge >= 0.3 is 5.69 Å². The molecule has 0 aliphatic carbocycles. The van der Waals surface area contributed by atoms with Crippen LogP contribution in [0.25, 0.3) is 5.65 Å². The van der Waals surface area contributed by atoms with E-state index in [1.807, 2.05) is 25.2 Å². The highest BCUT2D eigenvalue weighted by Crippen LogP contribution is 2.09. The molecule has 0 saturated carbocycles. The van der Waals surface area contributed by atoms with Crippen molar-refractivity contribution in [2.45, 2.75) is 25.4 Å². The standard InChI is InChI=1S/C14H21N5O/c1-15-12-5-8-17(9-6-12)10-11-19-14(20)18-7-3-2-4-13(18)16-19/h2-4,7,12,15H,5-6,8-11H2,1H3. The molecule has 0 aromatic carbocycles. The maximum absolute atomic E-state index is 12.1. The third-order valence-corrected chi connectivity index (χ3v) is 4.11. The summed E-state index contributed by atoms with van der Waals surface area (Å²) >= 11 is 0. The van der Waals surface area contributed by atoms with Crippen LogP contribution < -0.4 is 11.0 Å². The van der Waals surface area contributed by atoms with Crippen LogP contribution in [0.15, 0.2) is 29.2 Å². The first kappa shape index (κ1) is 13.3. The van der Waals surface area contributed by atoms with Crippen LogP contribution in [0, 0.1) is 0 Å². The van der Waals surface area contributed by atoms with Gasteiger partial charge in [-0.1, -0.05) is 6.07 Å². The molecule has 0 unspecified atom stereocenters. The number of piperidine rings is 1. The molecule has 6 heteroatoms. The van der Waals surface area contributed by atoms with E-state index in [1.165, 1.54) is 12.8 Å². The number of likely N-dealkylation sites (tertiary alicyclic amines) is 1. The molecule has 3 rings (SSSR count). The number of nitrogens with one attached hydrogen (secondary N) is 1. The van der Waals surface area contributed by atoms with Crippen LogP contribution in [0.2, 0.25) is 0 Å². The van der Waals surface area contributed by atoms with E-state index in [4.69, 9.17) is 0 Å². The Morgan fingerprint density at radius 3 is 2.80 bits per heavy atom. The summed E-state index contributed by atoms with van der Waals surface area (Å²) in [6.45, 7) is 3.73. The van der Waals surface area contributed by atoms with Crippen LogP contribution >= 0.6 is 0 Å². The number of hydrogen-bond donors (Lipinski definition) is 1. The molecule has 1 aliphatic heterocycles. The lowest BCUT2D eigenvalue weighted by atomic mass is 10.1. The summed E-state index contributed by atoms with van der Waals surface area (Å²) in [5, 5.41) is 7.68. The van der Waals surface area contributed by atoms with Crippen LogP contribution in [0.4, 0.5) is 0 Å². The molecule has 2 aromatic rings. The smallest absolute Gasteiger partial charge is 0.317 e. The molecule has 0 radical (unpaired) electrons. The van der Waals surface area contributed by atoms with Gasteiger partial charge in [-0.25, -0.2) is 9.48 Å². The van der Waals surface area contributed by atoms with Gasteiger partial charge in [-0.15, -0.1) is 5.10 Å². The molecule has 0 spiro atoms. The van der Waals surface area contributed by atoms with E-state index < -0.39 is 0 Å². The molecular formula is C14H21N5O. The fraction of sp³-hybridized carbons (Fsp3) is 0.571. The summed E-state index contributed by atoms with van der Waals surface area (Å²) in [5.74, 6) is 0. The number of pyridine rings is 1. The normalized spacial score (nSPS) is 17.9. The Balaban J connectivity index is 1.63. The van der Waals surface area contributed by atoms with Crippen LogP contribution in [-0.4, -0.2) is 51.8 Å². The van der Waals surface area contributed by atoms with E-state index >= 15 is 0 Å². The van der Waals surface area contributed by atoms with E-state index in [9.17, 15) is 4.79 Å². The SMILES string of the molecule is CNC1CCN(CCn2nc3ccccn3c2=O)CC1. The van der Waals surface area contributed by atoms with Crippen molar-refractivity contribution in [1.82, 2.24) is 24.4 Å². The van der Waals surface area contributed by atoms with Gasteiger partial charge in [0.2, 0.25) is 0 Å². The van der Waals surface area contributed by atoms with Crippen molar-refractivity contribution in [3.63, 3.8) is 0 Å². The summed E-state index contributed by atoms with van der Waals surface area (Å²) < 4.78 is 3.16. The number of aromatic nitrogens is 3. The molecular weight excluding hydrogens is 254 g/mol. The summed E-state index contributed by atoms with van der Waals surface area (Å²) in [5.41, 5.74) is 0.664. The Morgan fingerprint density at radius 1 is 1.30 bits per heavy atom. The van der Waals surface area contributed by atoms with E-state index in [-0.39, 0.29) is 5.69 Å². The van der Waals surface area contributed by atoms with Gasteiger partial charge in [-0.05, 0) is 45.1 Å². The van der Waals surface area contributed by atoms with Gasteiger partial charge in [0.1, 0.15) is 0 Å². The lowest BCUT2D eigenvalue weighted by molar-refractivity contribution is 0.192. The maximum Gasteiger partial charge on any atom is 0.350 e. The minimum absolute atomic E-state index is 0.0503. The molecule has 0 bridgehead atoms. The van der Waals surface area contributed by atoms with Crippen molar-refractivity contribution in [2.24, 2.45) is 0 Å². The second-order valence-corrected chi connectivity index (χ2v) is 5.34. The minimum Gasteiger partial charge on any atom is -0.317 e. The summed E-state index contributed by atoms with van der Waals surface area (Å²) in [6, 6.07) is 6.25. The topological polar surface area (TPSA) is 54.6 Å². The monoisotopic (exact) mass is 275 g/mol. The van der Waals surface area contributed by atoms with E-state index in [2.05, 4.69) is 15.3 Å². The van der Waals surface area contributed by atoms with Crippen molar-refractivity contribution >= 4 is 5.65 Å². The zero-order valence-corrected chi connectivity index (χ0v) is 11.8. The van der Waals surface area contributed by atoms with Gasteiger partial charge in [0.25, 0.3) is 0 Å². The van der Waals surface area contributed by atoms with E-state index in [0.29, 0.717) is 18.2 Å². The average Bonchev–Trinajstić information content (AvgIpc) is 2.83. The highest BCUT2D eigenvalue weighted by Gasteiger charge is 2.17. The lowest BCUT2D eigenvalue weighted by Crippen LogP contribution is -2.42. The maximum atomic E-state index is 12.1. The molecule has 3 heterocycles. The first-order valence-electron chi connectivity index (χ1n) is 7.22. The molecule has 6 nitrogen and oxygen atoms in total. The van der Waals surface area contributed by atoms with Crippen LogP contribution in [0.3, 0.4) is 0 Å². The summed E-state index contributed by atoms with van der Waals surface area (Å²) in [7, 11) is 2.02. The highest BCUT2D eigenvalue weighted by atomic mass is 16.2. The lowest BCUT2D eigenvalue weighted by Gasteiger charge is -2.31. The first-order chi connectivity index (χ1) is 9.78. The van der Waals surface area contributed by atoms with Crippen LogP contribution in [0.5, 0.6) is 0 Å². The molecule has 20 heavy (non-hydrogen) atoms. The Bertz CT molecular complexity index is 624. The Labute approximate surface area is 118 Å². The number of rotatable bonds is 4. The second-order valence-electron chi connectivity index (χ2n) is 5.34. The van der Waals surface area contributed by atoms with Gasteiger partial charge in [0.05, 0.1) is 6.54 Å². The van der Waals surface area contributed by atoms with Gasteiger partial charge < -0.3 is 10.2 Å². The van der Waals surface area contributed by atoms with Crippen molar-refractivity contribution in [3.8, 4) is 0 Å². The molecule has 2 aromatic heterocycles. The number of hydrogen-bond acceptors (Lipinski definition) is 4. The van der Waals surface area contributed by atoms with E-state index in [1.54, 1.807) is 15.3 Å². The van der Waals surface area contributed by atoms with Crippen molar-refractivity contribution < 1.29 is 0 Å². The molecule has 0 amide bonds. The minimum atomic E-state index is -0.0503. The molecule has 1 aliphatic rings. The zero-order valence-electron chi connectivity index (χ0n) is 11.8. The number of nitrogens with zero attached hydrogens (tertiary/aromatic N) is 4. The van der Waals surface area contributed by atoms with Gasteiger partial charge in [-0.2, -0.15) is 0 Å². The van der Waals surface area contributed by atoms with Crippen LogP contribution in [-0.2, 0) is 6.54 Å². The molecule has 1 N–H and O–H groups in total. The van der Waals surface area contributed by atoms with Crippen molar-refractivity contribution in [2.75, 3.05) is 26.7 Å². The average molecular weight is 275 g/mol. The van der Waals surface area contributed by atoms with Gasteiger partial charge in [0.15, 0.2) is 5.65 Å². The molecule has 108 valence electrons. The quantitative estimate of drug-likeness (QED) is 0.865. The predicted molar refractivity (Wildman–Crippen MR) is 78.0 cm³/mol. The first-order valence-corrected chi connectivity index (χ1v) is 7.22. The Kier molecular flexibility index (Phi) is 3.84. The molecule has 1 fully saturated rings. The molecule has 1 saturated heterocycles. The third-order valence-electron chi connectivity index (χ3n) is 4.11. The fourth-order valence-electron chi connectivity index (χ4n) is 2.80. The zero-order chi connectivity index (χ0) is 13.9. The van der Waals surface area contributed by atoms with Crippen molar-refractivity contribution in [1.29, 1.82) is 0 Å². The highest BCUT2D eigenvalue weighted by molar-refractivity contribution is 5.35. The van der Waals surface area contributed by atoms with Crippen LogP contribution in [0.1, 0.15) is 12.8 Å². The second kappa shape index (κ2) is 5.76. The predicted octanol–water partition coefficient (Wildman–Crippen LogP) is 0.180.